The van der Waals surface area contributed by atoms with Crippen molar-refractivity contribution in [2.24, 2.45) is 0 Å². The van der Waals surface area contributed by atoms with E-state index < -0.39 is 22.0 Å². The van der Waals surface area contributed by atoms with Crippen molar-refractivity contribution >= 4 is 38.9 Å². The van der Waals surface area contributed by atoms with Gasteiger partial charge in [0, 0.05) is 23.1 Å². The largest absolute Gasteiger partial charge is 0.476 e. The number of aromatic nitrogens is 1. The maximum Gasteiger partial charge on any atom is 0.267 e. The second-order valence-corrected chi connectivity index (χ2v) is 10.6. The number of hydrogen-bond acceptors (Lipinski definition) is 5. The van der Waals surface area contributed by atoms with Gasteiger partial charge in [-0.3, -0.25) is 14.1 Å². The summed E-state index contributed by atoms with van der Waals surface area (Å²) < 4.78 is 34.0. The predicted molar refractivity (Wildman–Crippen MR) is 139 cm³/mol. The second kappa shape index (κ2) is 10.0. The van der Waals surface area contributed by atoms with E-state index in [4.69, 9.17) is 16.3 Å². The number of rotatable bonds is 6. The smallest absolute Gasteiger partial charge is 0.267 e. The standard InChI is InChI=1S/C27H22ClN3O4S/c28-21-7-11-23(12-8-21)36(33,34)31-18-26(35-25-4-2-1-3-24(25)31)27(32)30-22-9-5-19(6-10-22)17-20-13-15-29-16-14-20/h1-16,26H,17-18H2,(H,30,32)/t26-/m1/s1. The molecule has 9 heteroatoms. The highest BCUT2D eigenvalue weighted by atomic mass is 35.5. The van der Waals surface area contributed by atoms with E-state index in [2.05, 4.69) is 10.3 Å². The van der Waals surface area contributed by atoms with Crippen molar-refractivity contribution in [3.63, 3.8) is 0 Å². The molecule has 0 bridgehead atoms. The number of nitrogens with one attached hydrogen (secondary N) is 1. The van der Waals surface area contributed by atoms with Crippen LogP contribution >= 0.6 is 11.6 Å². The SMILES string of the molecule is O=C(Nc1ccc(Cc2ccncc2)cc1)[C@H]1CN(S(=O)(=O)c2ccc(Cl)cc2)c2ccccc2O1. The van der Waals surface area contributed by atoms with Crippen LogP contribution in [-0.2, 0) is 21.2 Å². The lowest BCUT2D eigenvalue weighted by Gasteiger charge is -2.34. The Kier molecular flexibility index (Phi) is 6.63. The van der Waals surface area contributed by atoms with Gasteiger partial charge in [-0.15, -0.1) is 0 Å². The molecule has 1 aliphatic rings. The molecule has 4 aromatic rings. The van der Waals surface area contributed by atoms with Gasteiger partial charge in [0.1, 0.15) is 5.75 Å². The van der Waals surface area contributed by atoms with Crippen LogP contribution < -0.4 is 14.4 Å². The molecule has 7 nitrogen and oxygen atoms in total. The van der Waals surface area contributed by atoms with Crippen LogP contribution in [0.1, 0.15) is 11.1 Å². The molecule has 0 spiro atoms. The summed E-state index contributed by atoms with van der Waals surface area (Å²) in [4.78, 5) is 17.2. The lowest BCUT2D eigenvalue weighted by molar-refractivity contribution is -0.122. The van der Waals surface area contributed by atoms with Crippen molar-refractivity contribution in [1.29, 1.82) is 0 Å². The molecule has 0 saturated carbocycles. The predicted octanol–water partition coefficient (Wildman–Crippen LogP) is 4.92. The van der Waals surface area contributed by atoms with Crippen LogP contribution in [0.3, 0.4) is 0 Å². The molecule has 1 aromatic heterocycles. The average Bonchev–Trinajstić information content (AvgIpc) is 2.90. The summed E-state index contributed by atoms with van der Waals surface area (Å²) in [5, 5.41) is 3.27. The third kappa shape index (κ3) is 5.05. The molecule has 0 saturated heterocycles. The Morgan fingerprint density at radius 3 is 2.33 bits per heavy atom. The molecular formula is C27H22ClN3O4S. The van der Waals surface area contributed by atoms with Crippen molar-refractivity contribution in [2.45, 2.75) is 17.4 Å². The Hall–Kier alpha value is -3.88. The number of ether oxygens (including phenoxy) is 1. The first-order chi connectivity index (χ1) is 17.4. The zero-order valence-electron chi connectivity index (χ0n) is 19.0. The summed E-state index contributed by atoms with van der Waals surface area (Å²) in [6.07, 6.45) is 3.21. The van der Waals surface area contributed by atoms with Gasteiger partial charge in [0.25, 0.3) is 15.9 Å². The highest BCUT2D eigenvalue weighted by Crippen LogP contribution is 2.37. The topological polar surface area (TPSA) is 88.6 Å². The minimum Gasteiger partial charge on any atom is -0.476 e. The van der Waals surface area contributed by atoms with E-state index in [-0.39, 0.29) is 11.4 Å². The number of halogens is 1. The lowest BCUT2D eigenvalue weighted by atomic mass is 10.1. The van der Waals surface area contributed by atoms with Gasteiger partial charge >= 0.3 is 0 Å². The third-order valence-corrected chi connectivity index (χ3v) is 7.85. The van der Waals surface area contributed by atoms with E-state index >= 15 is 0 Å². The highest BCUT2D eigenvalue weighted by molar-refractivity contribution is 7.92. The van der Waals surface area contributed by atoms with Gasteiger partial charge in [-0.05, 0) is 78.2 Å². The summed E-state index contributed by atoms with van der Waals surface area (Å²) in [7, 11) is -3.96. The van der Waals surface area contributed by atoms with Crippen LogP contribution in [0, 0.1) is 0 Å². The number of carbonyl (C=O) groups is 1. The monoisotopic (exact) mass is 519 g/mol. The molecule has 2 heterocycles. The van der Waals surface area contributed by atoms with Gasteiger partial charge < -0.3 is 10.1 Å². The Balaban J connectivity index is 1.34. The van der Waals surface area contributed by atoms with Crippen LogP contribution in [0.2, 0.25) is 5.02 Å². The number of para-hydroxylation sites is 2. The number of carbonyl (C=O) groups excluding carboxylic acids is 1. The summed E-state index contributed by atoms with van der Waals surface area (Å²) in [6.45, 7) is -0.173. The molecule has 0 aliphatic carbocycles. The fraction of sp³-hybridized carbons (Fsp3) is 0.111. The van der Waals surface area contributed by atoms with Gasteiger partial charge in [0.15, 0.2) is 6.10 Å². The fourth-order valence-corrected chi connectivity index (χ4v) is 5.57. The van der Waals surface area contributed by atoms with E-state index in [1.807, 2.05) is 36.4 Å². The van der Waals surface area contributed by atoms with Crippen molar-refractivity contribution in [3.05, 3.63) is 113 Å². The summed E-state index contributed by atoms with van der Waals surface area (Å²) >= 11 is 5.94. The summed E-state index contributed by atoms with van der Waals surface area (Å²) in [6, 6.07) is 24.1. The molecular weight excluding hydrogens is 498 g/mol. The molecule has 0 radical (unpaired) electrons. The van der Waals surface area contributed by atoms with Crippen molar-refractivity contribution < 1.29 is 17.9 Å². The molecule has 0 fully saturated rings. The van der Waals surface area contributed by atoms with E-state index in [1.54, 1.807) is 36.7 Å². The van der Waals surface area contributed by atoms with Gasteiger partial charge in [0.05, 0.1) is 17.1 Å². The van der Waals surface area contributed by atoms with Crippen LogP contribution in [0.5, 0.6) is 5.75 Å². The van der Waals surface area contributed by atoms with E-state index in [0.717, 1.165) is 17.5 Å². The van der Waals surface area contributed by atoms with Gasteiger partial charge in [-0.2, -0.15) is 0 Å². The van der Waals surface area contributed by atoms with Crippen LogP contribution in [0.4, 0.5) is 11.4 Å². The molecule has 1 aliphatic heterocycles. The number of nitrogens with zero attached hydrogens (tertiary/aromatic N) is 2. The van der Waals surface area contributed by atoms with E-state index in [0.29, 0.717) is 22.1 Å². The quantitative estimate of drug-likeness (QED) is 0.390. The Morgan fingerprint density at radius 2 is 1.61 bits per heavy atom. The number of anilines is 2. The molecule has 5 rings (SSSR count). The first-order valence-electron chi connectivity index (χ1n) is 11.2. The van der Waals surface area contributed by atoms with Gasteiger partial charge in [-0.25, -0.2) is 8.42 Å². The Morgan fingerprint density at radius 1 is 0.944 bits per heavy atom. The number of sulfonamides is 1. The molecule has 1 amide bonds. The minimum absolute atomic E-state index is 0.0764. The number of amides is 1. The third-order valence-electron chi connectivity index (χ3n) is 5.81. The van der Waals surface area contributed by atoms with E-state index in [9.17, 15) is 13.2 Å². The first kappa shape index (κ1) is 23.8. The zero-order chi connectivity index (χ0) is 25.1. The maximum atomic E-state index is 13.5. The number of benzene rings is 3. The van der Waals surface area contributed by atoms with Crippen molar-refractivity contribution in [2.75, 3.05) is 16.2 Å². The average molecular weight is 520 g/mol. The van der Waals surface area contributed by atoms with Crippen LogP contribution in [-0.4, -0.2) is 32.0 Å². The van der Waals surface area contributed by atoms with Crippen LogP contribution in [0.15, 0.2) is 102 Å². The minimum atomic E-state index is -3.96. The van der Waals surface area contributed by atoms with Crippen molar-refractivity contribution in [3.8, 4) is 5.75 Å². The highest BCUT2D eigenvalue weighted by Gasteiger charge is 2.37. The maximum absolute atomic E-state index is 13.5. The van der Waals surface area contributed by atoms with Crippen LogP contribution in [0.25, 0.3) is 0 Å². The first-order valence-corrected chi connectivity index (χ1v) is 13.0. The Labute approximate surface area is 214 Å². The zero-order valence-corrected chi connectivity index (χ0v) is 20.6. The lowest BCUT2D eigenvalue weighted by Crippen LogP contribution is -2.48. The molecule has 36 heavy (non-hydrogen) atoms. The van der Waals surface area contributed by atoms with Crippen molar-refractivity contribution in [1.82, 2.24) is 4.98 Å². The normalized spacial score (nSPS) is 15.0. The Bertz CT molecular complexity index is 1480. The summed E-state index contributed by atoms with van der Waals surface area (Å²) in [5.74, 6) is -0.128. The number of fused-ring (bicyclic) bond motifs is 1. The fourth-order valence-electron chi connectivity index (χ4n) is 3.97. The second-order valence-electron chi connectivity index (χ2n) is 8.28. The molecule has 3 aromatic carbocycles. The number of hydrogen-bond donors (Lipinski definition) is 1. The van der Waals surface area contributed by atoms with Gasteiger partial charge in [0.2, 0.25) is 0 Å². The molecule has 1 atom stereocenters. The van der Waals surface area contributed by atoms with E-state index in [1.165, 1.54) is 28.6 Å². The van der Waals surface area contributed by atoms with Gasteiger partial charge in [-0.1, -0.05) is 35.9 Å². The molecule has 0 unspecified atom stereocenters. The molecule has 1 N–H and O–H groups in total. The molecule has 182 valence electrons. The number of pyridine rings is 1. The summed E-state index contributed by atoms with van der Waals surface area (Å²) in [5.41, 5.74) is 3.19.